The topological polar surface area (TPSA) is 36.9 Å². The molecule has 0 atom stereocenters. The molecule has 0 aromatic heterocycles. The molecule has 30 heavy (non-hydrogen) atoms. The van der Waals surface area contributed by atoms with Crippen molar-refractivity contribution in [2.24, 2.45) is 5.41 Å². The van der Waals surface area contributed by atoms with Gasteiger partial charge in [-0.3, -0.25) is 0 Å². The predicted molar refractivity (Wildman–Crippen MR) is 133 cm³/mol. The lowest BCUT2D eigenvalue weighted by molar-refractivity contribution is -0.282. The Morgan fingerprint density at radius 2 is 1.23 bits per heavy atom. The molecule has 2 aliphatic rings. The number of ether oxygens (including phenoxy) is 4. The van der Waals surface area contributed by atoms with Crippen LogP contribution in [-0.4, -0.2) is 62.0 Å². The Balaban J connectivity index is 1.48. The van der Waals surface area contributed by atoms with Gasteiger partial charge >= 0.3 is 0 Å². The fraction of sp³-hybridized carbons (Fsp3) is 0.478. The first-order valence-electron chi connectivity index (χ1n) is 9.95. The largest absolute Gasteiger partial charge is 0.348 e. The summed E-state index contributed by atoms with van der Waals surface area (Å²) in [5, 5.41) is 0. The molecule has 166 valence electrons. The van der Waals surface area contributed by atoms with Crippen molar-refractivity contribution in [1.29, 1.82) is 0 Å². The molecule has 0 bridgehead atoms. The molecule has 0 aromatic carbocycles. The van der Waals surface area contributed by atoms with Crippen LogP contribution in [0, 0.1) is 5.41 Å². The molecule has 0 saturated carbocycles. The highest BCUT2D eigenvalue weighted by molar-refractivity contribution is 8.76. The Hall–Kier alpha value is -0.670. The van der Waals surface area contributed by atoms with Crippen LogP contribution in [0.4, 0.5) is 0 Å². The van der Waals surface area contributed by atoms with E-state index in [1.807, 2.05) is 57.7 Å². The lowest BCUT2D eigenvalue weighted by Crippen LogP contribution is -2.51. The Labute approximate surface area is 193 Å². The predicted octanol–water partition coefficient (Wildman–Crippen LogP) is 5.43. The van der Waals surface area contributed by atoms with Gasteiger partial charge in [0.2, 0.25) is 0 Å². The van der Waals surface area contributed by atoms with Crippen molar-refractivity contribution < 1.29 is 18.9 Å². The highest BCUT2D eigenvalue weighted by atomic mass is 33.1. The summed E-state index contributed by atoms with van der Waals surface area (Å²) in [7, 11) is 3.69. The Bertz CT molecular complexity index is 598. The van der Waals surface area contributed by atoms with Crippen molar-refractivity contribution in [3.8, 4) is 0 Å². The lowest BCUT2D eigenvalue weighted by atomic mass is 9.91. The number of thioether (sulfide) groups is 1. The number of hydrogen-bond acceptors (Lipinski definition) is 7. The second-order valence-electron chi connectivity index (χ2n) is 6.78. The molecule has 0 N–H and O–H groups in total. The van der Waals surface area contributed by atoms with Gasteiger partial charge in [0.25, 0.3) is 0 Å². The van der Waals surface area contributed by atoms with E-state index in [1.54, 1.807) is 6.08 Å². The van der Waals surface area contributed by atoms with Crippen molar-refractivity contribution in [3.63, 3.8) is 0 Å². The third-order valence-electron chi connectivity index (χ3n) is 4.17. The van der Waals surface area contributed by atoms with E-state index in [2.05, 4.69) is 43.5 Å². The van der Waals surface area contributed by atoms with Gasteiger partial charge in [-0.05, 0) is 12.2 Å². The van der Waals surface area contributed by atoms with Crippen LogP contribution in [0.1, 0.15) is 0 Å². The maximum absolute atomic E-state index is 5.80. The minimum atomic E-state index is -0.320. The summed E-state index contributed by atoms with van der Waals surface area (Å²) in [4.78, 5) is 0. The zero-order valence-electron chi connectivity index (χ0n) is 17.4. The maximum atomic E-state index is 5.80. The molecule has 0 aromatic rings. The summed E-state index contributed by atoms with van der Waals surface area (Å²) in [6, 6.07) is 0. The van der Waals surface area contributed by atoms with Crippen LogP contribution < -0.4 is 0 Å². The van der Waals surface area contributed by atoms with Crippen LogP contribution >= 0.6 is 33.3 Å². The molecule has 2 saturated heterocycles. The smallest absolute Gasteiger partial charge is 0.177 e. The van der Waals surface area contributed by atoms with Crippen molar-refractivity contribution in [3.05, 3.63) is 73.9 Å². The fourth-order valence-electron chi connectivity index (χ4n) is 2.58. The molecular weight excluding hydrogens is 436 g/mol. The normalized spacial score (nSPS) is 27.7. The third kappa shape index (κ3) is 10.6. The van der Waals surface area contributed by atoms with E-state index in [0.29, 0.717) is 26.4 Å². The van der Waals surface area contributed by atoms with Gasteiger partial charge in [0.15, 0.2) is 12.6 Å². The molecule has 0 aliphatic carbocycles. The van der Waals surface area contributed by atoms with Crippen LogP contribution in [0.15, 0.2) is 73.9 Å². The highest BCUT2D eigenvalue weighted by Crippen LogP contribution is 2.30. The first-order chi connectivity index (χ1) is 14.8. The zero-order chi connectivity index (χ0) is 21.3. The maximum Gasteiger partial charge on any atom is 0.177 e. The van der Waals surface area contributed by atoms with Crippen molar-refractivity contribution in [2.75, 3.05) is 49.4 Å². The Morgan fingerprint density at radius 3 is 1.80 bits per heavy atom. The van der Waals surface area contributed by atoms with Crippen molar-refractivity contribution >= 4 is 33.3 Å². The molecule has 2 rings (SSSR count). The average Bonchev–Trinajstić information content (AvgIpc) is 2.78. The minimum Gasteiger partial charge on any atom is -0.348 e. The standard InChI is InChI=1S/C23H32O4S3/c1-3-13-28-14-9-5-6-10-15-29-30-16-11-7-8-12-22-26-19-23(20-27-22)17-24-21(4-2)25-18-23/h3-12,21-22H,1-2,13-20H2/b9-5+,10-6+,11-7+,12-8+. The van der Waals surface area contributed by atoms with E-state index in [0.717, 1.165) is 23.0 Å². The molecule has 0 unspecified atom stereocenters. The summed E-state index contributed by atoms with van der Waals surface area (Å²) in [6.07, 6.45) is 19.6. The first kappa shape index (κ1) is 25.6. The number of hydrogen-bond donors (Lipinski definition) is 0. The summed E-state index contributed by atoms with van der Waals surface area (Å²) in [5.41, 5.74) is -0.206. The van der Waals surface area contributed by atoms with Crippen molar-refractivity contribution in [2.45, 2.75) is 12.6 Å². The van der Waals surface area contributed by atoms with Gasteiger partial charge in [-0.2, -0.15) is 11.8 Å². The SMILES string of the molecule is C=CCSC/C=C/C=C/CSSC/C=C/C=C/C1OCC2(COC(C=C)OC2)CO1. The summed E-state index contributed by atoms with van der Waals surface area (Å²) >= 11 is 1.86. The summed E-state index contributed by atoms with van der Waals surface area (Å²) in [6.45, 7) is 9.65. The monoisotopic (exact) mass is 468 g/mol. The van der Waals surface area contributed by atoms with Crippen molar-refractivity contribution in [1.82, 2.24) is 0 Å². The quantitative estimate of drug-likeness (QED) is 0.154. The van der Waals surface area contributed by atoms with E-state index in [-0.39, 0.29) is 18.0 Å². The van der Waals surface area contributed by atoms with E-state index >= 15 is 0 Å². The van der Waals surface area contributed by atoms with Gasteiger partial charge in [0, 0.05) is 23.0 Å². The molecule has 0 amide bonds. The van der Waals surface area contributed by atoms with Gasteiger partial charge in [-0.25, -0.2) is 0 Å². The number of rotatable bonds is 13. The van der Waals surface area contributed by atoms with Gasteiger partial charge in [-0.1, -0.05) is 76.8 Å². The molecule has 2 aliphatic heterocycles. The first-order valence-corrected chi connectivity index (χ1v) is 13.6. The van der Waals surface area contributed by atoms with Gasteiger partial charge < -0.3 is 18.9 Å². The number of allylic oxidation sites excluding steroid dienone is 4. The third-order valence-corrected chi connectivity index (χ3v) is 7.21. The van der Waals surface area contributed by atoms with E-state index in [1.165, 1.54) is 0 Å². The van der Waals surface area contributed by atoms with Gasteiger partial charge in [0.1, 0.15) is 0 Å². The van der Waals surface area contributed by atoms with Crippen LogP contribution in [0.2, 0.25) is 0 Å². The molecule has 2 heterocycles. The van der Waals surface area contributed by atoms with E-state index < -0.39 is 0 Å². The molecule has 2 fully saturated rings. The molecule has 4 nitrogen and oxygen atoms in total. The average molecular weight is 469 g/mol. The molecule has 1 spiro atoms. The zero-order valence-corrected chi connectivity index (χ0v) is 19.8. The van der Waals surface area contributed by atoms with Crippen LogP contribution in [0.25, 0.3) is 0 Å². The summed E-state index contributed by atoms with van der Waals surface area (Å²) in [5.74, 6) is 4.01. The second-order valence-corrected chi connectivity index (χ2v) is 10.4. The molecular formula is C23H32O4S3. The second kappa shape index (κ2) is 16.0. The van der Waals surface area contributed by atoms with Gasteiger partial charge in [-0.15, -0.1) is 6.58 Å². The lowest BCUT2D eigenvalue weighted by Gasteiger charge is -2.42. The molecule has 0 radical (unpaired) electrons. The fourth-order valence-corrected chi connectivity index (χ4v) is 4.75. The van der Waals surface area contributed by atoms with Crippen LogP contribution in [-0.2, 0) is 18.9 Å². The van der Waals surface area contributed by atoms with Gasteiger partial charge in [0.05, 0.1) is 31.8 Å². The van der Waals surface area contributed by atoms with E-state index in [4.69, 9.17) is 18.9 Å². The van der Waals surface area contributed by atoms with Crippen LogP contribution in [0.3, 0.4) is 0 Å². The van der Waals surface area contributed by atoms with Crippen LogP contribution in [0.5, 0.6) is 0 Å². The Morgan fingerprint density at radius 1 is 0.700 bits per heavy atom. The highest BCUT2D eigenvalue weighted by Gasteiger charge is 2.41. The minimum absolute atomic E-state index is 0.206. The Kier molecular flexibility index (Phi) is 13.7. The summed E-state index contributed by atoms with van der Waals surface area (Å²) < 4.78 is 22.8. The van der Waals surface area contributed by atoms with E-state index in [9.17, 15) is 0 Å². The molecule has 7 heteroatoms.